The van der Waals surface area contributed by atoms with Gasteiger partial charge in [-0.2, -0.15) is 0 Å². The predicted molar refractivity (Wildman–Crippen MR) is 78.1 cm³/mol. The molecule has 0 aromatic carbocycles. The second-order valence-electron chi connectivity index (χ2n) is 5.78. The molecule has 2 atom stereocenters. The lowest BCUT2D eigenvalue weighted by atomic mass is 9.84. The van der Waals surface area contributed by atoms with E-state index in [4.69, 9.17) is 4.74 Å². The zero-order valence-corrected chi connectivity index (χ0v) is 12.5. The number of urea groups is 1. The van der Waals surface area contributed by atoms with Crippen molar-refractivity contribution in [2.24, 2.45) is 5.92 Å². The maximum absolute atomic E-state index is 12.3. The number of nitrogens with one attached hydrogen (secondary N) is 1. The number of nitrogens with zero attached hydrogens (tertiary/aromatic N) is 1. The van der Waals surface area contributed by atoms with Crippen LogP contribution < -0.4 is 5.32 Å². The second-order valence-corrected chi connectivity index (χ2v) is 5.78. The molecular weight excluding hydrogens is 272 g/mol. The molecule has 0 radical (unpaired) electrons. The average molecular weight is 296 g/mol. The van der Waals surface area contributed by atoms with E-state index >= 15 is 0 Å². The molecule has 2 rings (SSSR count). The van der Waals surface area contributed by atoms with Gasteiger partial charge in [0.15, 0.2) is 0 Å². The minimum atomic E-state index is -0.805. The number of carbonyl (C=O) groups excluding carboxylic acids is 1. The van der Waals surface area contributed by atoms with Crippen molar-refractivity contribution in [1.82, 2.24) is 10.2 Å². The van der Waals surface area contributed by atoms with Crippen LogP contribution in [0.5, 0.6) is 0 Å². The molecular formula is C15H24N2O4. The topological polar surface area (TPSA) is 78.9 Å². The van der Waals surface area contributed by atoms with Crippen LogP contribution in [0.25, 0.3) is 0 Å². The highest BCUT2D eigenvalue weighted by Gasteiger charge is 2.32. The lowest BCUT2D eigenvalue weighted by molar-refractivity contribution is -0.143. The highest BCUT2D eigenvalue weighted by atomic mass is 16.5. The zero-order chi connectivity index (χ0) is 15.2. The Kier molecular flexibility index (Phi) is 5.61. The molecule has 118 valence electrons. The van der Waals surface area contributed by atoms with Gasteiger partial charge in [-0.15, -0.1) is 0 Å². The summed E-state index contributed by atoms with van der Waals surface area (Å²) in [4.78, 5) is 25.2. The molecule has 21 heavy (non-hydrogen) atoms. The maximum Gasteiger partial charge on any atom is 0.317 e. The quantitative estimate of drug-likeness (QED) is 0.773. The summed E-state index contributed by atoms with van der Waals surface area (Å²) in [5, 5.41) is 12.1. The van der Waals surface area contributed by atoms with Gasteiger partial charge in [-0.05, 0) is 24.8 Å². The summed E-state index contributed by atoms with van der Waals surface area (Å²) in [6.45, 7) is 1.83. The zero-order valence-electron chi connectivity index (χ0n) is 12.5. The molecule has 0 bridgehead atoms. The lowest BCUT2D eigenvalue weighted by Crippen LogP contribution is -2.51. The number of carboxylic acid groups (broad SMARTS) is 1. The monoisotopic (exact) mass is 296 g/mol. The number of hydrogen-bond acceptors (Lipinski definition) is 3. The summed E-state index contributed by atoms with van der Waals surface area (Å²) in [5.41, 5.74) is 1.21. The van der Waals surface area contributed by atoms with Crippen molar-refractivity contribution >= 4 is 12.0 Å². The van der Waals surface area contributed by atoms with Crippen molar-refractivity contribution < 1.29 is 19.4 Å². The van der Waals surface area contributed by atoms with E-state index in [1.807, 2.05) is 6.08 Å². The van der Waals surface area contributed by atoms with Crippen LogP contribution >= 0.6 is 0 Å². The van der Waals surface area contributed by atoms with Crippen molar-refractivity contribution in [3.63, 3.8) is 0 Å². The van der Waals surface area contributed by atoms with E-state index in [0.717, 1.165) is 25.7 Å². The smallest absolute Gasteiger partial charge is 0.317 e. The molecule has 6 nitrogen and oxygen atoms in total. The van der Waals surface area contributed by atoms with E-state index in [9.17, 15) is 14.7 Å². The predicted octanol–water partition coefficient (Wildman–Crippen LogP) is 1.62. The Morgan fingerprint density at radius 3 is 2.81 bits per heavy atom. The summed E-state index contributed by atoms with van der Waals surface area (Å²) < 4.78 is 5.09. The Balaban J connectivity index is 1.88. The van der Waals surface area contributed by atoms with Crippen LogP contribution in [-0.4, -0.2) is 54.9 Å². The minimum Gasteiger partial charge on any atom is -0.481 e. The largest absolute Gasteiger partial charge is 0.481 e. The molecule has 2 amide bonds. The first kappa shape index (κ1) is 15.8. The first-order valence-electron chi connectivity index (χ1n) is 7.57. The number of amides is 2. The number of carbonyl (C=O) groups is 2. The fraction of sp³-hybridized carbons (Fsp3) is 0.733. The Morgan fingerprint density at radius 2 is 2.19 bits per heavy atom. The van der Waals surface area contributed by atoms with Crippen LogP contribution in [0, 0.1) is 5.92 Å². The van der Waals surface area contributed by atoms with Gasteiger partial charge < -0.3 is 20.1 Å². The third-order valence-corrected chi connectivity index (χ3v) is 4.31. The molecule has 0 saturated heterocycles. The fourth-order valence-corrected chi connectivity index (χ4v) is 3.06. The van der Waals surface area contributed by atoms with Gasteiger partial charge in [0.1, 0.15) is 0 Å². The molecule has 1 heterocycles. The Bertz CT molecular complexity index is 422. The van der Waals surface area contributed by atoms with Crippen LogP contribution in [0.4, 0.5) is 4.79 Å². The van der Waals surface area contributed by atoms with Gasteiger partial charge in [0.25, 0.3) is 0 Å². The third kappa shape index (κ3) is 4.20. The second kappa shape index (κ2) is 7.45. The van der Waals surface area contributed by atoms with Crippen LogP contribution in [-0.2, 0) is 9.53 Å². The van der Waals surface area contributed by atoms with Gasteiger partial charge in [-0.3, -0.25) is 4.79 Å². The summed E-state index contributed by atoms with van der Waals surface area (Å²) >= 11 is 0. The number of hydrogen-bond donors (Lipinski definition) is 2. The highest BCUT2D eigenvalue weighted by Crippen LogP contribution is 2.25. The number of methoxy groups -OCH3 is 1. The van der Waals surface area contributed by atoms with Crippen LogP contribution in [0.3, 0.4) is 0 Å². The summed E-state index contributed by atoms with van der Waals surface area (Å²) in [7, 11) is 1.66. The summed E-state index contributed by atoms with van der Waals surface area (Å²) in [6, 6.07) is -0.394. The van der Waals surface area contributed by atoms with Crippen molar-refractivity contribution in [1.29, 1.82) is 0 Å². The molecule has 1 aliphatic carbocycles. The third-order valence-electron chi connectivity index (χ3n) is 4.31. The normalized spacial score (nSPS) is 26.1. The maximum atomic E-state index is 12.3. The number of carboxylic acids is 1. The molecule has 0 aromatic rings. The molecule has 1 aliphatic heterocycles. The first-order chi connectivity index (χ1) is 10.1. The van der Waals surface area contributed by atoms with E-state index in [2.05, 4.69) is 5.32 Å². The van der Waals surface area contributed by atoms with E-state index in [-0.39, 0.29) is 12.1 Å². The van der Waals surface area contributed by atoms with E-state index in [1.54, 1.807) is 12.0 Å². The lowest BCUT2D eigenvalue weighted by Gasteiger charge is -2.33. The Labute approximate surface area is 125 Å². The summed E-state index contributed by atoms with van der Waals surface area (Å²) in [6.07, 6.45) is 6.14. The van der Waals surface area contributed by atoms with Crippen molar-refractivity contribution in [3.8, 4) is 0 Å². The van der Waals surface area contributed by atoms with Gasteiger partial charge in [-0.25, -0.2) is 4.79 Å². The van der Waals surface area contributed by atoms with Gasteiger partial charge in [-0.1, -0.05) is 18.9 Å². The van der Waals surface area contributed by atoms with Gasteiger partial charge in [0.05, 0.1) is 12.5 Å². The van der Waals surface area contributed by atoms with Crippen molar-refractivity contribution in [2.75, 3.05) is 26.8 Å². The van der Waals surface area contributed by atoms with E-state index in [0.29, 0.717) is 26.1 Å². The van der Waals surface area contributed by atoms with E-state index < -0.39 is 11.9 Å². The summed E-state index contributed by atoms with van der Waals surface area (Å²) in [5.74, 6) is -1.26. The fourth-order valence-electron chi connectivity index (χ4n) is 3.06. The standard InChI is InChI=1S/C15H24N2O4/c1-21-10-11-6-8-17(9-7-11)15(20)16-13-5-3-2-4-12(13)14(18)19/h6,12-13H,2-5,7-10H2,1H3,(H,16,20)(H,18,19). The van der Waals surface area contributed by atoms with Gasteiger partial charge >= 0.3 is 12.0 Å². The molecule has 0 aromatic heterocycles. The molecule has 6 heteroatoms. The highest BCUT2D eigenvalue weighted by molar-refractivity contribution is 5.77. The minimum absolute atomic E-state index is 0.152. The Hall–Kier alpha value is -1.56. The number of ether oxygens (including phenoxy) is 1. The first-order valence-corrected chi connectivity index (χ1v) is 7.57. The number of rotatable bonds is 4. The van der Waals surface area contributed by atoms with Crippen LogP contribution in [0.2, 0.25) is 0 Å². The van der Waals surface area contributed by atoms with E-state index in [1.165, 1.54) is 5.57 Å². The number of aliphatic carboxylic acids is 1. The molecule has 2 N–H and O–H groups in total. The molecule has 0 spiro atoms. The molecule has 1 saturated carbocycles. The molecule has 1 fully saturated rings. The van der Waals surface area contributed by atoms with Crippen LogP contribution in [0.1, 0.15) is 32.1 Å². The SMILES string of the molecule is COCC1=CCN(C(=O)NC2CCCCC2C(=O)O)CC1. The molecule has 2 unspecified atom stereocenters. The molecule has 2 aliphatic rings. The van der Waals surface area contributed by atoms with Crippen LogP contribution in [0.15, 0.2) is 11.6 Å². The Morgan fingerprint density at radius 1 is 1.43 bits per heavy atom. The van der Waals surface area contributed by atoms with Crippen molar-refractivity contribution in [2.45, 2.75) is 38.1 Å². The van der Waals surface area contributed by atoms with Gasteiger partial charge in [0, 0.05) is 26.2 Å². The van der Waals surface area contributed by atoms with Gasteiger partial charge in [0.2, 0.25) is 0 Å². The van der Waals surface area contributed by atoms with Crippen molar-refractivity contribution in [3.05, 3.63) is 11.6 Å². The average Bonchev–Trinajstić information content (AvgIpc) is 2.48.